The highest BCUT2D eigenvalue weighted by Crippen LogP contribution is 2.24. The molecule has 0 unspecified atom stereocenters. The van der Waals surface area contributed by atoms with Crippen LogP contribution in [0.2, 0.25) is 0 Å². The second kappa shape index (κ2) is 8.28. The molecule has 1 atom stereocenters. The first-order valence-corrected chi connectivity index (χ1v) is 9.61. The van der Waals surface area contributed by atoms with Crippen LogP contribution in [0, 0.1) is 17.2 Å². The van der Waals surface area contributed by atoms with Crippen LogP contribution < -0.4 is 21.1 Å². The van der Waals surface area contributed by atoms with Gasteiger partial charge in [0.2, 0.25) is 5.88 Å². The minimum atomic E-state index is -0.329. The quantitative estimate of drug-likeness (QED) is 0.569. The first-order chi connectivity index (χ1) is 14.2. The number of rotatable bonds is 6. The van der Waals surface area contributed by atoms with E-state index in [1.165, 1.54) is 6.33 Å². The molecule has 4 N–H and O–H groups in total. The summed E-state index contributed by atoms with van der Waals surface area (Å²) in [6.45, 7) is 4.56. The van der Waals surface area contributed by atoms with Crippen molar-refractivity contribution in [3.8, 4) is 11.9 Å². The van der Waals surface area contributed by atoms with Crippen molar-refractivity contribution in [2.45, 2.75) is 25.8 Å². The van der Waals surface area contributed by atoms with Crippen LogP contribution in [0.1, 0.15) is 37.2 Å². The number of nitrogen functional groups attached to an aromatic ring is 1. The average Bonchev–Trinajstić information content (AvgIpc) is 3.22. The molecule has 10 nitrogen and oxygen atoms in total. The molecule has 0 radical (unpaired) electrons. The van der Waals surface area contributed by atoms with Crippen LogP contribution in [0.25, 0.3) is 5.52 Å². The summed E-state index contributed by atoms with van der Waals surface area (Å²) in [6.07, 6.45) is 5.36. The number of fused-ring (bicyclic) bond motifs is 1. The van der Waals surface area contributed by atoms with Crippen LogP contribution in [-0.2, 0) is 0 Å². The number of anilines is 2. The molecule has 0 aromatic carbocycles. The Hall–Kier alpha value is -3.45. The molecular formula is C19H23N9O. The lowest BCUT2D eigenvalue weighted by atomic mass is 9.99. The van der Waals surface area contributed by atoms with E-state index in [0.29, 0.717) is 30.0 Å². The lowest BCUT2D eigenvalue weighted by Gasteiger charge is -2.22. The second-order valence-corrected chi connectivity index (χ2v) is 7.08. The van der Waals surface area contributed by atoms with Crippen molar-refractivity contribution in [2.75, 3.05) is 30.7 Å². The largest absolute Gasteiger partial charge is 0.476 e. The van der Waals surface area contributed by atoms with E-state index in [9.17, 15) is 5.26 Å². The van der Waals surface area contributed by atoms with E-state index in [-0.39, 0.29) is 17.4 Å². The van der Waals surface area contributed by atoms with Gasteiger partial charge in [0.05, 0.1) is 12.6 Å². The zero-order chi connectivity index (χ0) is 20.2. The first-order valence-electron chi connectivity index (χ1n) is 9.61. The number of hydrogen-bond acceptors (Lipinski definition) is 9. The van der Waals surface area contributed by atoms with Gasteiger partial charge >= 0.3 is 0 Å². The Morgan fingerprint density at radius 3 is 3.03 bits per heavy atom. The highest BCUT2D eigenvalue weighted by Gasteiger charge is 2.19. The molecular weight excluding hydrogens is 370 g/mol. The van der Waals surface area contributed by atoms with Crippen molar-refractivity contribution >= 4 is 17.2 Å². The van der Waals surface area contributed by atoms with Gasteiger partial charge in [0.15, 0.2) is 5.82 Å². The second-order valence-electron chi connectivity index (χ2n) is 7.08. The molecule has 1 fully saturated rings. The normalized spacial score (nSPS) is 15.7. The van der Waals surface area contributed by atoms with Crippen molar-refractivity contribution in [3.05, 3.63) is 36.0 Å². The van der Waals surface area contributed by atoms with E-state index in [4.69, 9.17) is 10.5 Å². The molecule has 4 rings (SSSR count). The molecule has 0 bridgehead atoms. The standard InChI is InChI=1S/C19H23N9O/c1-12(25-18-14(9-20)16(21)23-11-24-18)17-26-19(15-3-2-8-28(15)27-17)29-10-13-4-6-22-7-5-13/h2-3,8,11-13,22H,4-7,10H2,1H3,(H3,21,23,24,25)/t12-/m0/s1. The van der Waals surface area contributed by atoms with Gasteiger partial charge in [-0.1, -0.05) is 0 Å². The Morgan fingerprint density at radius 1 is 1.41 bits per heavy atom. The fraction of sp³-hybridized carbons (Fsp3) is 0.421. The molecule has 29 heavy (non-hydrogen) atoms. The molecule has 0 saturated carbocycles. The Labute approximate surface area is 168 Å². The number of ether oxygens (including phenoxy) is 1. The molecule has 1 saturated heterocycles. The molecule has 3 aromatic rings. The van der Waals surface area contributed by atoms with E-state index < -0.39 is 0 Å². The van der Waals surface area contributed by atoms with Crippen molar-refractivity contribution < 1.29 is 4.74 Å². The van der Waals surface area contributed by atoms with Gasteiger partial charge in [-0.25, -0.2) is 14.5 Å². The topological polar surface area (TPSA) is 139 Å². The summed E-state index contributed by atoms with van der Waals surface area (Å²) in [5.74, 6) is 2.07. The molecule has 1 aliphatic rings. The van der Waals surface area contributed by atoms with Gasteiger partial charge in [-0.3, -0.25) is 0 Å². The monoisotopic (exact) mass is 393 g/mol. The fourth-order valence-corrected chi connectivity index (χ4v) is 3.35. The van der Waals surface area contributed by atoms with E-state index in [2.05, 4.69) is 30.7 Å². The van der Waals surface area contributed by atoms with Gasteiger partial charge in [0, 0.05) is 6.20 Å². The van der Waals surface area contributed by atoms with E-state index >= 15 is 0 Å². The zero-order valence-corrected chi connectivity index (χ0v) is 16.2. The lowest BCUT2D eigenvalue weighted by molar-refractivity contribution is 0.209. The van der Waals surface area contributed by atoms with Gasteiger partial charge in [0.25, 0.3) is 0 Å². The van der Waals surface area contributed by atoms with Crippen LogP contribution >= 0.6 is 0 Å². The minimum absolute atomic E-state index is 0.130. The molecule has 10 heteroatoms. The fourth-order valence-electron chi connectivity index (χ4n) is 3.35. The van der Waals surface area contributed by atoms with Crippen LogP contribution in [-0.4, -0.2) is 44.3 Å². The summed E-state index contributed by atoms with van der Waals surface area (Å²) in [4.78, 5) is 12.6. The Balaban J connectivity index is 1.57. The Kier molecular flexibility index (Phi) is 5.39. The number of nitriles is 1. The van der Waals surface area contributed by atoms with Crippen molar-refractivity contribution in [3.63, 3.8) is 0 Å². The van der Waals surface area contributed by atoms with Gasteiger partial charge in [0.1, 0.15) is 35.1 Å². The maximum Gasteiger partial charge on any atom is 0.241 e. The zero-order valence-electron chi connectivity index (χ0n) is 16.2. The predicted molar refractivity (Wildman–Crippen MR) is 107 cm³/mol. The van der Waals surface area contributed by atoms with Gasteiger partial charge in [-0.2, -0.15) is 15.3 Å². The minimum Gasteiger partial charge on any atom is -0.476 e. The van der Waals surface area contributed by atoms with Gasteiger partial charge < -0.3 is 21.1 Å². The molecule has 1 aliphatic heterocycles. The molecule has 150 valence electrons. The van der Waals surface area contributed by atoms with E-state index in [1.807, 2.05) is 31.3 Å². The average molecular weight is 393 g/mol. The maximum atomic E-state index is 9.32. The van der Waals surface area contributed by atoms with Crippen molar-refractivity contribution in [1.29, 1.82) is 5.26 Å². The highest BCUT2D eigenvalue weighted by atomic mass is 16.5. The number of nitrogens with zero attached hydrogens (tertiary/aromatic N) is 6. The maximum absolute atomic E-state index is 9.32. The van der Waals surface area contributed by atoms with Crippen molar-refractivity contribution in [2.24, 2.45) is 5.92 Å². The number of nitrogens with two attached hydrogens (primary N) is 1. The molecule has 3 aromatic heterocycles. The summed E-state index contributed by atoms with van der Waals surface area (Å²) in [6, 6.07) is 5.53. The van der Waals surface area contributed by atoms with Crippen LogP contribution in [0.3, 0.4) is 0 Å². The number of nitrogens with one attached hydrogen (secondary N) is 2. The molecule has 0 amide bonds. The number of piperidine rings is 1. The first kappa shape index (κ1) is 18.9. The van der Waals surface area contributed by atoms with Crippen LogP contribution in [0.5, 0.6) is 5.88 Å². The number of aromatic nitrogens is 5. The molecule has 0 spiro atoms. The Bertz CT molecular complexity index is 1040. The third kappa shape index (κ3) is 4.05. The summed E-state index contributed by atoms with van der Waals surface area (Å²) in [7, 11) is 0. The van der Waals surface area contributed by atoms with Gasteiger partial charge in [-0.05, 0) is 50.9 Å². The highest BCUT2D eigenvalue weighted by molar-refractivity contribution is 5.62. The summed E-state index contributed by atoms with van der Waals surface area (Å²) in [5, 5.41) is 20.4. The van der Waals surface area contributed by atoms with Crippen molar-refractivity contribution in [1.82, 2.24) is 29.9 Å². The third-order valence-electron chi connectivity index (χ3n) is 5.02. The van der Waals surface area contributed by atoms with Crippen LogP contribution in [0.4, 0.5) is 11.6 Å². The predicted octanol–water partition coefficient (Wildman–Crippen LogP) is 1.52. The summed E-state index contributed by atoms with van der Waals surface area (Å²) in [5.41, 5.74) is 6.78. The summed E-state index contributed by atoms with van der Waals surface area (Å²) < 4.78 is 7.84. The summed E-state index contributed by atoms with van der Waals surface area (Å²) >= 11 is 0. The molecule has 4 heterocycles. The van der Waals surface area contributed by atoms with Crippen LogP contribution in [0.15, 0.2) is 24.7 Å². The van der Waals surface area contributed by atoms with Gasteiger partial charge in [-0.15, -0.1) is 0 Å². The number of hydrogen-bond donors (Lipinski definition) is 3. The lowest BCUT2D eigenvalue weighted by Crippen LogP contribution is -2.30. The van der Waals surface area contributed by atoms with E-state index in [0.717, 1.165) is 31.4 Å². The Morgan fingerprint density at radius 2 is 2.24 bits per heavy atom. The third-order valence-corrected chi connectivity index (χ3v) is 5.02. The van der Waals surface area contributed by atoms with E-state index in [1.54, 1.807) is 4.52 Å². The smallest absolute Gasteiger partial charge is 0.241 e. The molecule has 0 aliphatic carbocycles. The SMILES string of the molecule is C[C@H](Nc1ncnc(N)c1C#N)c1nc(OCC2CCNCC2)c2cccn2n1.